The molecule has 0 unspecified atom stereocenters. The minimum Gasteiger partial charge on any atom is -0.389 e. The average molecular weight is 314 g/mol. The summed E-state index contributed by atoms with van der Waals surface area (Å²) in [6.45, 7) is 0. The van der Waals surface area contributed by atoms with E-state index in [-0.39, 0.29) is 10.7 Å². The van der Waals surface area contributed by atoms with Crippen molar-refractivity contribution < 1.29 is 17.6 Å². The van der Waals surface area contributed by atoms with E-state index in [1.54, 1.807) is 0 Å². The summed E-state index contributed by atoms with van der Waals surface area (Å²) < 4.78 is 51.1. The largest absolute Gasteiger partial charge is 0.416 e. The Hall–Kier alpha value is -2.15. The van der Waals surface area contributed by atoms with Crippen LogP contribution in [0.25, 0.3) is 0 Å². The summed E-state index contributed by atoms with van der Waals surface area (Å²) in [4.78, 5) is 0.0648. The normalized spacial score (nSPS) is 11.2. The van der Waals surface area contributed by atoms with Gasteiger partial charge in [-0.15, -0.1) is 0 Å². The highest BCUT2D eigenvalue weighted by Gasteiger charge is 2.29. The molecule has 0 aliphatic carbocycles. The molecule has 0 spiro atoms. The van der Waals surface area contributed by atoms with Crippen LogP contribution >= 0.6 is 12.2 Å². The van der Waals surface area contributed by atoms with Gasteiger partial charge in [-0.3, -0.25) is 0 Å². The summed E-state index contributed by atoms with van der Waals surface area (Å²) in [5, 5.41) is 2.69. The Bertz CT molecular complexity index is 666. The third kappa shape index (κ3) is 3.69. The van der Waals surface area contributed by atoms with Crippen molar-refractivity contribution in [2.75, 3.05) is 5.32 Å². The van der Waals surface area contributed by atoms with Crippen LogP contribution in [0.1, 0.15) is 11.1 Å². The maximum absolute atomic E-state index is 13.8. The van der Waals surface area contributed by atoms with E-state index in [1.165, 1.54) is 24.3 Å². The molecule has 3 N–H and O–H groups in total. The molecule has 0 aliphatic heterocycles. The van der Waals surface area contributed by atoms with E-state index >= 15 is 0 Å². The standard InChI is InChI=1S/C14H10F4N2S/c15-11-7-8(13(19)21)1-6-12(11)20-10-4-2-9(3-5-10)14(16,17)18/h1-7,20H,(H2,19,21). The molecule has 0 saturated heterocycles. The van der Waals surface area contributed by atoms with Crippen LogP contribution < -0.4 is 11.1 Å². The van der Waals surface area contributed by atoms with Gasteiger partial charge in [0.1, 0.15) is 10.8 Å². The second kappa shape index (κ2) is 5.69. The van der Waals surface area contributed by atoms with Gasteiger partial charge >= 0.3 is 6.18 Å². The number of nitrogens with one attached hydrogen (secondary N) is 1. The van der Waals surface area contributed by atoms with E-state index < -0.39 is 17.6 Å². The fraction of sp³-hybridized carbons (Fsp3) is 0.0714. The Morgan fingerprint density at radius 2 is 1.67 bits per heavy atom. The summed E-state index contributed by atoms with van der Waals surface area (Å²) in [6.07, 6.45) is -4.40. The number of halogens is 4. The second-order valence-corrected chi connectivity index (χ2v) is 4.70. The summed E-state index contributed by atoms with van der Waals surface area (Å²) in [6, 6.07) is 8.40. The van der Waals surface area contributed by atoms with Crippen LogP contribution in [0.5, 0.6) is 0 Å². The van der Waals surface area contributed by atoms with Crippen molar-refractivity contribution in [3.8, 4) is 0 Å². The molecule has 0 fully saturated rings. The lowest BCUT2D eigenvalue weighted by Gasteiger charge is -2.11. The van der Waals surface area contributed by atoms with Crippen molar-refractivity contribution >= 4 is 28.6 Å². The number of hydrogen-bond donors (Lipinski definition) is 2. The summed E-state index contributed by atoms with van der Waals surface area (Å²) in [5.74, 6) is -0.597. The molecular weight excluding hydrogens is 304 g/mol. The van der Waals surface area contributed by atoms with E-state index in [0.29, 0.717) is 11.3 Å². The van der Waals surface area contributed by atoms with Gasteiger partial charge in [0, 0.05) is 11.3 Å². The van der Waals surface area contributed by atoms with Gasteiger partial charge in [-0.05, 0) is 42.5 Å². The molecule has 2 nitrogen and oxygen atoms in total. The highest BCUT2D eigenvalue weighted by Crippen LogP contribution is 2.30. The zero-order chi connectivity index (χ0) is 15.6. The zero-order valence-electron chi connectivity index (χ0n) is 10.5. The van der Waals surface area contributed by atoms with Crippen molar-refractivity contribution in [2.45, 2.75) is 6.18 Å². The second-order valence-electron chi connectivity index (χ2n) is 4.26. The Kier molecular flexibility index (Phi) is 4.13. The first-order chi connectivity index (χ1) is 9.77. The zero-order valence-corrected chi connectivity index (χ0v) is 11.4. The van der Waals surface area contributed by atoms with Gasteiger partial charge in [0.05, 0.1) is 11.3 Å². The number of rotatable bonds is 3. The number of alkyl halides is 3. The van der Waals surface area contributed by atoms with Gasteiger partial charge in [-0.2, -0.15) is 13.2 Å². The van der Waals surface area contributed by atoms with E-state index in [1.807, 2.05) is 0 Å². The SMILES string of the molecule is NC(=S)c1ccc(Nc2ccc(C(F)(F)F)cc2)c(F)c1. The predicted molar refractivity (Wildman–Crippen MR) is 77.0 cm³/mol. The fourth-order valence-electron chi connectivity index (χ4n) is 1.67. The summed E-state index contributed by atoms with van der Waals surface area (Å²) >= 11 is 4.73. The Morgan fingerprint density at radius 3 is 2.14 bits per heavy atom. The quantitative estimate of drug-likeness (QED) is 0.658. The topological polar surface area (TPSA) is 38.0 Å². The van der Waals surface area contributed by atoms with E-state index in [2.05, 4.69) is 5.32 Å². The molecular formula is C14H10F4N2S. The van der Waals surface area contributed by atoms with Crippen LogP contribution in [-0.4, -0.2) is 4.99 Å². The highest BCUT2D eigenvalue weighted by atomic mass is 32.1. The molecule has 0 amide bonds. The highest BCUT2D eigenvalue weighted by molar-refractivity contribution is 7.80. The van der Waals surface area contributed by atoms with Crippen molar-refractivity contribution in [1.29, 1.82) is 0 Å². The summed E-state index contributed by atoms with van der Waals surface area (Å²) in [5.41, 5.74) is 5.45. The van der Waals surface area contributed by atoms with Crippen LogP contribution in [0, 0.1) is 5.82 Å². The maximum Gasteiger partial charge on any atom is 0.416 e. The number of nitrogens with two attached hydrogens (primary N) is 1. The Labute approximate surface area is 123 Å². The first-order valence-electron chi connectivity index (χ1n) is 5.81. The predicted octanol–water partition coefficient (Wildman–Crippen LogP) is 4.22. The number of anilines is 2. The molecule has 2 aromatic carbocycles. The monoisotopic (exact) mass is 314 g/mol. The minimum atomic E-state index is -4.40. The number of thiocarbonyl (C=S) groups is 1. The Morgan fingerprint density at radius 1 is 1.05 bits per heavy atom. The van der Waals surface area contributed by atoms with E-state index in [0.717, 1.165) is 18.2 Å². The van der Waals surface area contributed by atoms with Gasteiger partial charge in [0.2, 0.25) is 0 Å². The van der Waals surface area contributed by atoms with E-state index in [4.69, 9.17) is 18.0 Å². The van der Waals surface area contributed by atoms with Crippen molar-refractivity contribution in [2.24, 2.45) is 5.73 Å². The lowest BCUT2D eigenvalue weighted by molar-refractivity contribution is -0.137. The number of hydrogen-bond acceptors (Lipinski definition) is 2. The van der Waals surface area contributed by atoms with Crippen LogP contribution in [0.3, 0.4) is 0 Å². The first-order valence-corrected chi connectivity index (χ1v) is 6.22. The minimum absolute atomic E-state index is 0.0648. The maximum atomic E-state index is 13.8. The van der Waals surface area contributed by atoms with Crippen LogP contribution in [0.2, 0.25) is 0 Å². The number of benzene rings is 2. The molecule has 7 heteroatoms. The molecule has 0 radical (unpaired) electrons. The van der Waals surface area contributed by atoms with E-state index in [9.17, 15) is 17.6 Å². The molecule has 2 aromatic rings. The molecule has 110 valence electrons. The van der Waals surface area contributed by atoms with Crippen molar-refractivity contribution in [3.05, 3.63) is 59.4 Å². The van der Waals surface area contributed by atoms with Gasteiger partial charge in [-0.25, -0.2) is 4.39 Å². The van der Waals surface area contributed by atoms with Crippen LogP contribution in [-0.2, 0) is 6.18 Å². The summed E-state index contributed by atoms with van der Waals surface area (Å²) in [7, 11) is 0. The molecule has 0 aliphatic rings. The van der Waals surface area contributed by atoms with Crippen molar-refractivity contribution in [1.82, 2.24) is 0 Å². The van der Waals surface area contributed by atoms with Crippen molar-refractivity contribution in [3.63, 3.8) is 0 Å². The lowest BCUT2D eigenvalue weighted by Crippen LogP contribution is -2.10. The third-order valence-electron chi connectivity index (χ3n) is 2.74. The first kappa shape index (κ1) is 15.2. The molecule has 0 aromatic heterocycles. The third-order valence-corrected chi connectivity index (χ3v) is 2.98. The molecule has 0 heterocycles. The smallest absolute Gasteiger partial charge is 0.389 e. The molecule has 0 atom stereocenters. The molecule has 0 saturated carbocycles. The molecule has 0 bridgehead atoms. The van der Waals surface area contributed by atoms with Crippen LogP contribution in [0.15, 0.2) is 42.5 Å². The molecule has 2 rings (SSSR count). The average Bonchev–Trinajstić information content (AvgIpc) is 2.40. The van der Waals surface area contributed by atoms with Gasteiger partial charge in [0.15, 0.2) is 0 Å². The van der Waals surface area contributed by atoms with Gasteiger partial charge < -0.3 is 11.1 Å². The van der Waals surface area contributed by atoms with Crippen LogP contribution in [0.4, 0.5) is 28.9 Å². The fourth-order valence-corrected chi connectivity index (χ4v) is 1.79. The van der Waals surface area contributed by atoms with Gasteiger partial charge in [0.25, 0.3) is 0 Å². The Balaban J connectivity index is 2.20. The van der Waals surface area contributed by atoms with Gasteiger partial charge in [-0.1, -0.05) is 12.2 Å². The lowest BCUT2D eigenvalue weighted by atomic mass is 10.1. The molecule has 21 heavy (non-hydrogen) atoms.